The van der Waals surface area contributed by atoms with E-state index < -0.39 is 0 Å². The SMILES string of the molecule is CC(C)c1nnc2n1CCN(Cc1ccc(Oc3ncccn3)cc1)CC2. The van der Waals surface area contributed by atoms with Gasteiger partial charge in [0, 0.05) is 50.9 Å². The number of fused-ring (bicyclic) bond motifs is 1. The van der Waals surface area contributed by atoms with E-state index in [9.17, 15) is 0 Å². The average molecular weight is 364 g/mol. The average Bonchev–Trinajstić information content (AvgIpc) is 2.99. The van der Waals surface area contributed by atoms with Crippen molar-refractivity contribution in [3.05, 3.63) is 59.9 Å². The number of hydrogen-bond donors (Lipinski definition) is 0. The van der Waals surface area contributed by atoms with E-state index in [1.54, 1.807) is 18.5 Å². The lowest BCUT2D eigenvalue weighted by Crippen LogP contribution is -2.26. The van der Waals surface area contributed by atoms with E-state index in [2.05, 4.69) is 55.6 Å². The van der Waals surface area contributed by atoms with Gasteiger partial charge in [0.1, 0.15) is 17.4 Å². The summed E-state index contributed by atoms with van der Waals surface area (Å²) in [6.45, 7) is 8.20. The molecule has 0 fully saturated rings. The Bertz CT molecular complexity index is 875. The molecule has 3 heterocycles. The molecule has 1 aromatic carbocycles. The van der Waals surface area contributed by atoms with Gasteiger partial charge in [0.25, 0.3) is 0 Å². The van der Waals surface area contributed by atoms with Gasteiger partial charge < -0.3 is 9.30 Å². The Labute approximate surface area is 159 Å². The molecule has 2 aromatic heterocycles. The Morgan fingerprint density at radius 3 is 2.52 bits per heavy atom. The van der Waals surface area contributed by atoms with Crippen LogP contribution in [0.1, 0.15) is 37.0 Å². The lowest BCUT2D eigenvalue weighted by atomic mass is 10.2. The summed E-state index contributed by atoms with van der Waals surface area (Å²) >= 11 is 0. The summed E-state index contributed by atoms with van der Waals surface area (Å²) in [6.07, 6.45) is 4.27. The van der Waals surface area contributed by atoms with Crippen molar-refractivity contribution in [2.45, 2.75) is 39.3 Å². The predicted octanol–water partition coefficient (Wildman–Crippen LogP) is 3.04. The first-order valence-electron chi connectivity index (χ1n) is 9.37. The molecule has 1 aliphatic rings. The third-order valence-corrected chi connectivity index (χ3v) is 4.74. The van der Waals surface area contributed by atoms with Gasteiger partial charge in [-0.2, -0.15) is 0 Å². The molecule has 0 unspecified atom stereocenters. The van der Waals surface area contributed by atoms with Gasteiger partial charge in [0.15, 0.2) is 0 Å². The molecule has 0 spiro atoms. The summed E-state index contributed by atoms with van der Waals surface area (Å²) in [4.78, 5) is 10.6. The first-order chi connectivity index (χ1) is 13.2. The number of nitrogens with zero attached hydrogens (tertiary/aromatic N) is 6. The lowest BCUT2D eigenvalue weighted by Gasteiger charge is -2.20. The van der Waals surface area contributed by atoms with E-state index in [4.69, 9.17) is 4.74 Å². The van der Waals surface area contributed by atoms with Gasteiger partial charge in [-0.05, 0) is 23.8 Å². The largest absolute Gasteiger partial charge is 0.424 e. The van der Waals surface area contributed by atoms with Crippen LogP contribution in [-0.2, 0) is 19.5 Å². The lowest BCUT2D eigenvalue weighted by molar-refractivity contribution is 0.270. The summed E-state index contributed by atoms with van der Waals surface area (Å²) in [7, 11) is 0. The first kappa shape index (κ1) is 17.6. The van der Waals surface area contributed by atoms with Crippen LogP contribution in [0.25, 0.3) is 0 Å². The Morgan fingerprint density at radius 2 is 1.78 bits per heavy atom. The van der Waals surface area contributed by atoms with Crippen LogP contribution in [0.4, 0.5) is 0 Å². The summed E-state index contributed by atoms with van der Waals surface area (Å²) in [6, 6.07) is 10.3. The molecule has 0 saturated heterocycles. The molecule has 1 aliphatic heterocycles. The van der Waals surface area contributed by atoms with Crippen LogP contribution in [0.3, 0.4) is 0 Å². The van der Waals surface area contributed by atoms with Gasteiger partial charge in [-0.3, -0.25) is 4.90 Å². The Balaban J connectivity index is 1.37. The highest BCUT2D eigenvalue weighted by Crippen LogP contribution is 2.20. The van der Waals surface area contributed by atoms with Gasteiger partial charge in [0.2, 0.25) is 0 Å². The van der Waals surface area contributed by atoms with Gasteiger partial charge in [0.05, 0.1) is 0 Å². The van der Waals surface area contributed by atoms with Crippen molar-refractivity contribution in [2.24, 2.45) is 0 Å². The third kappa shape index (κ3) is 4.14. The number of ether oxygens (including phenoxy) is 1. The van der Waals surface area contributed by atoms with Crippen molar-refractivity contribution >= 4 is 0 Å². The molecule has 3 aromatic rings. The zero-order valence-corrected chi connectivity index (χ0v) is 15.7. The second-order valence-corrected chi connectivity index (χ2v) is 7.08. The Hall–Kier alpha value is -2.80. The summed E-state index contributed by atoms with van der Waals surface area (Å²) < 4.78 is 7.95. The summed E-state index contributed by atoms with van der Waals surface area (Å²) in [5, 5.41) is 8.75. The second kappa shape index (κ2) is 7.84. The fourth-order valence-corrected chi connectivity index (χ4v) is 3.34. The number of hydrogen-bond acceptors (Lipinski definition) is 6. The zero-order valence-electron chi connectivity index (χ0n) is 15.7. The van der Waals surface area contributed by atoms with Crippen LogP contribution in [0.15, 0.2) is 42.7 Å². The van der Waals surface area contributed by atoms with Crippen LogP contribution >= 0.6 is 0 Å². The van der Waals surface area contributed by atoms with Gasteiger partial charge in [-0.25, -0.2) is 9.97 Å². The molecule has 0 bridgehead atoms. The van der Waals surface area contributed by atoms with E-state index in [0.717, 1.165) is 50.0 Å². The van der Waals surface area contributed by atoms with E-state index >= 15 is 0 Å². The zero-order chi connectivity index (χ0) is 18.6. The monoisotopic (exact) mass is 364 g/mol. The molecule has 7 heteroatoms. The van der Waals surface area contributed by atoms with Gasteiger partial charge in [-0.15, -0.1) is 10.2 Å². The van der Waals surface area contributed by atoms with Crippen molar-refractivity contribution in [1.29, 1.82) is 0 Å². The van der Waals surface area contributed by atoms with Crippen molar-refractivity contribution in [3.63, 3.8) is 0 Å². The van der Waals surface area contributed by atoms with Crippen LogP contribution in [0.5, 0.6) is 11.8 Å². The molecule has 0 atom stereocenters. The minimum Gasteiger partial charge on any atom is -0.424 e. The van der Waals surface area contributed by atoms with E-state index in [1.807, 2.05) is 12.1 Å². The Kier molecular flexibility index (Phi) is 5.11. The van der Waals surface area contributed by atoms with Crippen LogP contribution in [0, 0.1) is 0 Å². The highest BCUT2D eigenvalue weighted by Gasteiger charge is 2.20. The molecule has 0 radical (unpaired) electrons. The predicted molar refractivity (Wildman–Crippen MR) is 102 cm³/mol. The minimum atomic E-state index is 0.363. The van der Waals surface area contributed by atoms with E-state index in [-0.39, 0.29) is 0 Å². The molecular weight excluding hydrogens is 340 g/mol. The van der Waals surface area contributed by atoms with Crippen molar-refractivity contribution < 1.29 is 4.74 Å². The smallest absolute Gasteiger partial charge is 0.321 e. The fraction of sp³-hybridized carbons (Fsp3) is 0.400. The molecule has 4 rings (SSSR count). The maximum absolute atomic E-state index is 5.66. The van der Waals surface area contributed by atoms with Crippen LogP contribution in [-0.4, -0.2) is 42.7 Å². The molecule has 0 aliphatic carbocycles. The number of benzene rings is 1. The number of rotatable bonds is 5. The Morgan fingerprint density at radius 1 is 1.00 bits per heavy atom. The fourth-order valence-electron chi connectivity index (χ4n) is 3.34. The molecular formula is C20H24N6O. The molecule has 0 saturated carbocycles. The number of aromatic nitrogens is 5. The highest BCUT2D eigenvalue weighted by molar-refractivity contribution is 5.29. The topological polar surface area (TPSA) is 69.0 Å². The van der Waals surface area contributed by atoms with E-state index in [1.165, 1.54) is 5.56 Å². The van der Waals surface area contributed by atoms with Crippen LogP contribution < -0.4 is 4.74 Å². The highest BCUT2D eigenvalue weighted by atomic mass is 16.5. The first-order valence-corrected chi connectivity index (χ1v) is 9.37. The normalized spacial score (nSPS) is 14.8. The van der Waals surface area contributed by atoms with Gasteiger partial charge >= 0.3 is 6.01 Å². The van der Waals surface area contributed by atoms with Crippen molar-refractivity contribution in [3.8, 4) is 11.8 Å². The molecule has 0 N–H and O–H groups in total. The maximum atomic E-state index is 5.66. The quantitative estimate of drug-likeness (QED) is 0.693. The maximum Gasteiger partial charge on any atom is 0.321 e. The molecule has 140 valence electrons. The summed E-state index contributed by atoms with van der Waals surface area (Å²) in [5.74, 6) is 3.34. The summed E-state index contributed by atoms with van der Waals surface area (Å²) in [5.41, 5.74) is 1.26. The minimum absolute atomic E-state index is 0.363. The third-order valence-electron chi connectivity index (χ3n) is 4.74. The molecule has 7 nitrogen and oxygen atoms in total. The second-order valence-electron chi connectivity index (χ2n) is 7.08. The van der Waals surface area contributed by atoms with Crippen LogP contribution in [0.2, 0.25) is 0 Å². The molecule has 27 heavy (non-hydrogen) atoms. The molecule has 0 amide bonds. The van der Waals surface area contributed by atoms with E-state index in [0.29, 0.717) is 11.9 Å². The van der Waals surface area contributed by atoms with Gasteiger partial charge in [-0.1, -0.05) is 26.0 Å². The standard InChI is InChI=1S/C20H24N6O/c1-15(2)19-24-23-18-8-11-25(12-13-26(18)19)14-16-4-6-17(7-5-16)27-20-21-9-3-10-22-20/h3-7,9-10,15H,8,11-14H2,1-2H3. The van der Waals surface area contributed by atoms with Crippen molar-refractivity contribution in [2.75, 3.05) is 13.1 Å². The van der Waals surface area contributed by atoms with Crippen molar-refractivity contribution in [1.82, 2.24) is 29.6 Å².